The third kappa shape index (κ3) is 3.10. The van der Waals surface area contributed by atoms with Crippen molar-refractivity contribution in [2.24, 2.45) is 5.92 Å². The molecule has 0 saturated carbocycles. The summed E-state index contributed by atoms with van der Waals surface area (Å²) in [6.45, 7) is 1.68. The van der Waals surface area contributed by atoms with E-state index < -0.39 is 11.9 Å². The lowest BCUT2D eigenvalue weighted by Gasteiger charge is -2.09. The highest BCUT2D eigenvalue weighted by molar-refractivity contribution is 5.98. The third-order valence-electron chi connectivity index (χ3n) is 3.00. The lowest BCUT2D eigenvalue weighted by molar-refractivity contribution is -0.140. The van der Waals surface area contributed by atoms with Crippen LogP contribution in [0.3, 0.4) is 0 Å². The SMILES string of the molecule is CC(CNC(=O)c1ccc2ccccc2c1)C(=O)O. The van der Waals surface area contributed by atoms with E-state index in [1.165, 1.54) is 0 Å². The van der Waals surface area contributed by atoms with Gasteiger partial charge < -0.3 is 10.4 Å². The van der Waals surface area contributed by atoms with Crippen LogP contribution in [0.2, 0.25) is 0 Å². The number of hydrogen-bond donors (Lipinski definition) is 2. The molecule has 0 spiro atoms. The van der Waals surface area contributed by atoms with E-state index >= 15 is 0 Å². The maximum atomic E-state index is 11.9. The maximum Gasteiger partial charge on any atom is 0.308 e. The quantitative estimate of drug-likeness (QED) is 0.883. The Labute approximate surface area is 111 Å². The molecule has 0 saturated heterocycles. The third-order valence-corrected chi connectivity index (χ3v) is 3.00. The summed E-state index contributed by atoms with van der Waals surface area (Å²) in [4.78, 5) is 22.6. The molecule has 2 rings (SSSR count). The van der Waals surface area contributed by atoms with E-state index in [0.29, 0.717) is 5.56 Å². The van der Waals surface area contributed by atoms with Gasteiger partial charge in [-0.25, -0.2) is 0 Å². The van der Waals surface area contributed by atoms with Gasteiger partial charge in [-0.15, -0.1) is 0 Å². The predicted molar refractivity (Wildman–Crippen MR) is 73.1 cm³/mol. The molecule has 0 heterocycles. The Balaban J connectivity index is 2.11. The molecule has 0 aliphatic heterocycles. The lowest BCUT2D eigenvalue weighted by Crippen LogP contribution is -2.31. The molecule has 19 heavy (non-hydrogen) atoms. The van der Waals surface area contributed by atoms with Crippen LogP contribution in [0.15, 0.2) is 42.5 Å². The summed E-state index contributed by atoms with van der Waals surface area (Å²) in [5.41, 5.74) is 0.538. The number of benzene rings is 2. The minimum Gasteiger partial charge on any atom is -0.481 e. The monoisotopic (exact) mass is 257 g/mol. The van der Waals surface area contributed by atoms with Crippen molar-refractivity contribution in [2.75, 3.05) is 6.54 Å². The van der Waals surface area contributed by atoms with E-state index in [9.17, 15) is 9.59 Å². The van der Waals surface area contributed by atoms with Crippen LogP contribution in [-0.4, -0.2) is 23.5 Å². The molecular formula is C15H15NO3. The van der Waals surface area contributed by atoms with Crippen LogP contribution < -0.4 is 5.32 Å². The summed E-state index contributed by atoms with van der Waals surface area (Å²) in [5.74, 6) is -1.76. The minimum absolute atomic E-state index is 0.126. The van der Waals surface area contributed by atoms with Gasteiger partial charge in [-0.2, -0.15) is 0 Å². The number of amides is 1. The number of rotatable bonds is 4. The van der Waals surface area contributed by atoms with E-state index in [1.807, 2.05) is 30.3 Å². The van der Waals surface area contributed by atoms with Gasteiger partial charge in [0.05, 0.1) is 5.92 Å². The van der Waals surface area contributed by atoms with Gasteiger partial charge in [0.2, 0.25) is 0 Å². The maximum absolute atomic E-state index is 11.9. The molecular weight excluding hydrogens is 242 g/mol. The number of carboxylic acids is 1. The van der Waals surface area contributed by atoms with Gasteiger partial charge in [0.1, 0.15) is 0 Å². The molecule has 4 nitrogen and oxygen atoms in total. The van der Waals surface area contributed by atoms with Crippen LogP contribution in [-0.2, 0) is 4.79 Å². The fraction of sp³-hybridized carbons (Fsp3) is 0.200. The van der Waals surface area contributed by atoms with Crippen molar-refractivity contribution in [3.8, 4) is 0 Å². The van der Waals surface area contributed by atoms with Crippen molar-refractivity contribution in [3.05, 3.63) is 48.0 Å². The Kier molecular flexibility index (Phi) is 3.80. The first-order valence-electron chi connectivity index (χ1n) is 6.08. The molecule has 0 aliphatic carbocycles. The second kappa shape index (κ2) is 5.52. The van der Waals surface area contributed by atoms with E-state index in [4.69, 9.17) is 5.11 Å². The Morgan fingerprint density at radius 2 is 1.84 bits per heavy atom. The molecule has 1 amide bonds. The van der Waals surface area contributed by atoms with Crippen molar-refractivity contribution >= 4 is 22.6 Å². The molecule has 0 bridgehead atoms. The lowest BCUT2D eigenvalue weighted by atomic mass is 10.1. The number of hydrogen-bond acceptors (Lipinski definition) is 2. The Bertz CT molecular complexity index is 622. The van der Waals surface area contributed by atoms with E-state index in [2.05, 4.69) is 5.32 Å². The highest BCUT2D eigenvalue weighted by Crippen LogP contribution is 2.15. The number of carbonyl (C=O) groups is 2. The Morgan fingerprint density at radius 1 is 1.16 bits per heavy atom. The Hall–Kier alpha value is -2.36. The normalized spacial score (nSPS) is 12.1. The molecule has 1 unspecified atom stereocenters. The molecule has 0 radical (unpaired) electrons. The highest BCUT2D eigenvalue weighted by atomic mass is 16.4. The molecule has 0 fully saturated rings. The number of carboxylic acid groups (broad SMARTS) is 1. The smallest absolute Gasteiger partial charge is 0.308 e. The van der Waals surface area contributed by atoms with Crippen LogP contribution in [0.1, 0.15) is 17.3 Å². The van der Waals surface area contributed by atoms with Crippen LogP contribution in [0.5, 0.6) is 0 Å². The topological polar surface area (TPSA) is 66.4 Å². The van der Waals surface area contributed by atoms with Crippen LogP contribution in [0.25, 0.3) is 10.8 Å². The zero-order chi connectivity index (χ0) is 13.8. The average molecular weight is 257 g/mol. The molecule has 0 aliphatic rings. The molecule has 2 aromatic rings. The van der Waals surface area contributed by atoms with E-state index in [0.717, 1.165) is 10.8 Å². The van der Waals surface area contributed by atoms with Gasteiger partial charge >= 0.3 is 5.97 Å². The van der Waals surface area contributed by atoms with Crippen molar-refractivity contribution in [3.63, 3.8) is 0 Å². The van der Waals surface area contributed by atoms with Gasteiger partial charge in [-0.3, -0.25) is 9.59 Å². The summed E-state index contributed by atoms with van der Waals surface area (Å²) in [6, 6.07) is 13.2. The predicted octanol–water partition coefficient (Wildman–Crippen LogP) is 2.29. The molecule has 1 atom stereocenters. The zero-order valence-electron chi connectivity index (χ0n) is 10.6. The fourth-order valence-corrected chi connectivity index (χ4v) is 1.77. The van der Waals surface area contributed by atoms with Gasteiger partial charge in [0.25, 0.3) is 5.91 Å². The molecule has 0 aromatic heterocycles. The molecule has 2 N–H and O–H groups in total. The summed E-state index contributed by atoms with van der Waals surface area (Å²) in [7, 11) is 0. The summed E-state index contributed by atoms with van der Waals surface area (Å²) < 4.78 is 0. The number of nitrogens with one attached hydrogen (secondary N) is 1. The van der Waals surface area contributed by atoms with Crippen LogP contribution in [0, 0.1) is 5.92 Å². The first-order valence-corrected chi connectivity index (χ1v) is 6.08. The van der Waals surface area contributed by atoms with Crippen molar-refractivity contribution in [2.45, 2.75) is 6.92 Å². The van der Waals surface area contributed by atoms with Gasteiger partial charge in [0, 0.05) is 12.1 Å². The summed E-state index contributed by atoms with van der Waals surface area (Å²) in [5, 5.41) is 13.4. The Morgan fingerprint density at radius 3 is 2.53 bits per heavy atom. The molecule has 98 valence electrons. The van der Waals surface area contributed by atoms with Crippen molar-refractivity contribution < 1.29 is 14.7 Å². The van der Waals surface area contributed by atoms with E-state index in [-0.39, 0.29) is 12.5 Å². The first kappa shape index (κ1) is 13.1. The summed E-state index contributed by atoms with van der Waals surface area (Å²) >= 11 is 0. The van der Waals surface area contributed by atoms with E-state index in [1.54, 1.807) is 19.1 Å². The van der Waals surface area contributed by atoms with Crippen LogP contribution >= 0.6 is 0 Å². The molecule has 2 aromatic carbocycles. The second-order valence-electron chi connectivity index (χ2n) is 4.51. The second-order valence-corrected chi connectivity index (χ2v) is 4.51. The standard InChI is InChI=1S/C15H15NO3/c1-10(15(18)19)9-16-14(17)13-7-6-11-4-2-3-5-12(11)8-13/h2-8,10H,9H2,1H3,(H,16,17)(H,18,19). The summed E-state index contributed by atoms with van der Waals surface area (Å²) in [6.07, 6.45) is 0. The molecule has 4 heteroatoms. The largest absolute Gasteiger partial charge is 0.481 e. The first-order chi connectivity index (χ1) is 9.08. The zero-order valence-corrected chi connectivity index (χ0v) is 10.6. The number of aliphatic carboxylic acids is 1. The number of fused-ring (bicyclic) bond motifs is 1. The van der Waals surface area contributed by atoms with Gasteiger partial charge in [0.15, 0.2) is 0 Å². The van der Waals surface area contributed by atoms with Crippen molar-refractivity contribution in [1.82, 2.24) is 5.32 Å². The average Bonchev–Trinajstić information content (AvgIpc) is 2.43. The van der Waals surface area contributed by atoms with Crippen LogP contribution in [0.4, 0.5) is 0 Å². The van der Waals surface area contributed by atoms with Gasteiger partial charge in [-0.05, 0) is 22.9 Å². The van der Waals surface area contributed by atoms with Gasteiger partial charge in [-0.1, -0.05) is 37.3 Å². The minimum atomic E-state index is -0.918. The highest BCUT2D eigenvalue weighted by Gasteiger charge is 2.13. The number of carbonyl (C=O) groups excluding carboxylic acids is 1. The fourth-order valence-electron chi connectivity index (χ4n) is 1.77. The van der Waals surface area contributed by atoms with Crippen molar-refractivity contribution in [1.29, 1.82) is 0 Å².